The Morgan fingerprint density at radius 1 is 0.515 bits per heavy atom. The average Bonchev–Trinajstić information content (AvgIpc) is 2.84. The van der Waals surface area contributed by atoms with Crippen molar-refractivity contribution >= 4 is 10.9 Å². The van der Waals surface area contributed by atoms with E-state index in [-0.39, 0.29) is 0 Å². The van der Waals surface area contributed by atoms with Crippen LogP contribution in [0.5, 0.6) is 0 Å². The van der Waals surface area contributed by atoms with Gasteiger partial charge in [-0.1, -0.05) is 135 Å². The van der Waals surface area contributed by atoms with Crippen molar-refractivity contribution in [3.63, 3.8) is 0 Å². The predicted octanol–water partition coefficient (Wildman–Crippen LogP) is 10.3. The Morgan fingerprint density at radius 2 is 0.939 bits per heavy atom. The normalized spacial score (nSPS) is 11.5. The van der Waals surface area contributed by atoms with Crippen LogP contribution in [0.25, 0.3) is 10.9 Å². The zero-order valence-electron chi connectivity index (χ0n) is 22.3. The Morgan fingerprint density at radius 3 is 1.42 bits per heavy atom. The third kappa shape index (κ3) is 12.6. The molecule has 1 heterocycles. The van der Waals surface area contributed by atoms with E-state index >= 15 is 0 Å². The number of aryl methyl sites for hydroxylation is 2. The van der Waals surface area contributed by atoms with E-state index in [1.807, 2.05) is 0 Å². The van der Waals surface area contributed by atoms with Crippen molar-refractivity contribution in [3.05, 3.63) is 42.1 Å². The maximum Gasteiger partial charge on any atom is 0.212 e. The SMILES string of the molecule is CCCCCCCCCCCCCCCCCCCCCC[n+]1ccc(C)c2ccccc21. The number of aromatic nitrogens is 1. The van der Waals surface area contributed by atoms with E-state index in [4.69, 9.17) is 0 Å². The number of nitrogens with zero attached hydrogens (tertiary/aromatic N) is 1. The van der Waals surface area contributed by atoms with Gasteiger partial charge >= 0.3 is 0 Å². The molecular formula is C32H54N+. The van der Waals surface area contributed by atoms with Gasteiger partial charge in [0, 0.05) is 23.9 Å². The van der Waals surface area contributed by atoms with Gasteiger partial charge in [-0.2, -0.15) is 4.57 Å². The fourth-order valence-electron chi connectivity index (χ4n) is 5.16. The van der Waals surface area contributed by atoms with Crippen molar-refractivity contribution in [1.29, 1.82) is 0 Å². The van der Waals surface area contributed by atoms with Crippen LogP contribution in [0, 0.1) is 6.92 Å². The molecule has 2 rings (SSSR count). The minimum atomic E-state index is 1.15. The van der Waals surface area contributed by atoms with Gasteiger partial charge in [0.25, 0.3) is 0 Å². The molecule has 1 aromatic heterocycles. The molecule has 0 aliphatic heterocycles. The molecule has 1 nitrogen and oxygen atoms in total. The van der Waals surface area contributed by atoms with Crippen LogP contribution in [-0.4, -0.2) is 0 Å². The summed E-state index contributed by atoms with van der Waals surface area (Å²) in [6, 6.07) is 11.1. The molecular weight excluding hydrogens is 398 g/mol. The summed E-state index contributed by atoms with van der Waals surface area (Å²) in [5, 5.41) is 1.40. The Hall–Kier alpha value is -1.37. The van der Waals surface area contributed by atoms with Crippen LogP contribution in [0.3, 0.4) is 0 Å². The first-order chi connectivity index (χ1) is 16.3. The van der Waals surface area contributed by atoms with Gasteiger partial charge in [-0.05, 0) is 25.0 Å². The summed E-state index contributed by atoms with van der Waals surface area (Å²) in [5.41, 5.74) is 2.76. The summed E-state index contributed by atoms with van der Waals surface area (Å²) in [4.78, 5) is 0. The number of rotatable bonds is 21. The maximum atomic E-state index is 2.44. The smallest absolute Gasteiger partial charge is 0.198 e. The van der Waals surface area contributed by atoms with Gasteiger partial charge in [-0.15, -0.1) is 0 Å². The molecule has 0 unspecified atom stereocenters. The quantitative estimate of drug-likeness (QED) is 0.131. The summed E-state index contributed by atoms with van der Waals surface area (Å²) >= 11 is 0. The van der Waals surface area contributed by atoms with Gasteiger partial charge in [0.1, 0.15) is 6.54 Å². The van der Waals surface area contributed by atoms with Gasteiger partial charge in [0.15, 0.2) is 6.20 Å². The van der Waals surface area contributed by atoms with E-state index in [9.17, 15) is 0 Å². The monoisotopic (exact) mass is 452 g/mol. The molecule has 0 amide bonds. The number of para-hydroxylation sites is 1. The van der Waals surface area contributed by atoms with Crippen LogP contribution in [0.1, 0.15) is 141 Å². The molecule has 186 valence electrons. The number of hydrogen-bond acceptors (Lipinski definition) is 0. The summed E-state index contributed by atoms with van der Waals surface area (Å²) in [6.45, 7) is 5.67. The zero-order chi connectivity index (χ0) is 23.4. The van der Waals surface area contributed by atoms with Gasteiger partial charge < -0.3 is 0 Å². The van der Waals surface area contributed by atoms with Crippen molar-refractivity contribution in [3.8, 4) is 0 Å². The lowest BCUT2D eigenvalue weighted by Crippen LogP contribution is -2.34. The van der Waals surface area contributed by atoms with Crippen LogP contribution >= 0.6 is 0 Å². The van der Waals surface area contributed by atoms with E-state index in [0.717, 1.165) is 6.54 Å². The van der Waals surface area contributed by atoms with Gasteiger partial charge in [-0.25, -0.2) is 0 Å². The fourth-order valence-corrected chi connectivity index (χ4v) is 5.16. The van der Waals surface area contributed by atoms with Crippen molar-refractivity contribution in [2.24, 2.45) is 0 Å². The summed E-state index contributed by atoms with van der Waals surface area (Å²) < 4.78 is 2.44. The number of hydrogen-bond donors (Lipinski definition) is 0. The largest absolute Gasteiger partial charge is 0.212 e. The van der Waals surface area contributed by atoms with E-state index in [1.54, 1.807) is 0 Å². The minimum absolute atomic E-state index is 1.15. The van der Waals surface area contributed by atoms with E-state index in [2.05, 4.69) is 54.9 Å². The highest BCUT2D eigenvalue weighted by Crippen LogP contribution is 2.16. The van der Waals surface area contributed by atoms with Crippen LogP contribution in [0.15, 0.2) is 36.5 Å². The van der Waals surface area contributed by atoms with E-state index < -0.39 is 0 Å². The van der Waals surface area contributed by atoms with Gasteiger partial charge in [0.2, 0.25) is 5.52 Å². The molecule has 0 spiro atoms. The lowest BCUT2D eigenvalue weighted by atomic mass is 10.0. The molecule has 0 radical (unpaired) electrons. The van der Waals surface area contributed by atoms with Gasteiger partial charge in [0.05, 0.1) is 0 Å². The van der Waals surface area contributed by atoms with Crippen LogP contribution in [-0.2, 0) is 6.54 Å². The van der Waals surface area contributed by atoms with Crippen molar-refractivity contribution in [2.45, 2.75) is 149 Å². The standard InChI is InChI=1S/C32H54N/c1-3-4-5-6-7-8-9-10-11-12-13-14-15-16-17-18-19-20-21-24-28-33-29-27-30(2)31-25-22-23-26-32(31)33/h22-23,25-27,29H,3-21,24,28H2,1-2H3/q+1. The van der Waals surface area contributed by atoms with Crippen molar-refractivity contribution in [2.75, 3.05) is 0 Å². The number of pyridine rings is 1. The van der Waals surface area contributed by atoms with Crippen LogP contribution in [0.4, 0.5) is 0 Å². The molecule has 0 N–H and O–H groups in total. The third-order valence-electron chi connectivity index (χ3n) is 7.40. The Bertz CT molecular complexity index is 720. The Balaban J connectivity index is 1.33. The fraction of sp³-hybridized carbons (Fsp3) is 0.719. The lowest BCUT2D eigenvalue weighted by molar-refractivity contribution is -0.671. The second-order valence-corrected chi connectivity index (χ2v) is 10.4. The highest BCUT2D eigenvalue weighted by molar-refractivity contribution is 5.78. The topological polar surface area (TPSA) is 3.88 Å². The van der Waals surface area contributed by atoms with E-state index in [1.165, 1.54) is 145 Å². The number of unbranched alkanes of at least 4 members (excludes halogenated alkanes) is 19. The lowest BCUT2D eigenvalue weighted by Gasteiger charge is -2.05. The first-order valence-corrected chi connectivity index (χ1v) is 14.7. The summed E-state index contributed by atoms with van der Waals surface area (Å²) in [7, 11) is 0. The Kier molecular flexibility index (Phi) is 16.0. The molecule has 0 saturated carbocycles. The molecule has 2 aromatic rings. The zero-order valence-corrected chi connectivity index (χ0v) is 22.3. The molecule has 33 heavy (non-hydrogen) atoms. The maximum absolute atomic E-state index is 2.44. The molecule has 0 bridgehead atoms. The molecule has 0 saturated heterocycles. The van der Waals surface area contributed by atoms with E-state index in [0.29, 0.717) is 0 Å². The highest BCUT2D eigenvalue weighted by atomic mass is 14.9. The summed E-state index contributed by atoms with van der Waals surface area (Å²) in [5.74, 6) is 0. The van der Waals surface area contributed by atoms with Crippen LogP contribution in [0.2, 0.25) is 0 Å². The third-order valence-corrected chi connectivity index (χ3v) is 7.40. The first kappa shape index (κ1) is 27.9. The van der Waals surface area contributed by atoms with Gasteiger partial charge in [-0.3, -0.25) is 0 Å². The number of benzene rings is 1. The summed E-state index contributed by atoms with van der Waals surface area (Å²) in [6.07, 6.45) is 31.1. The van der Waals surface area contributed by atoms with Crippen molar-refractivity contribution in [1.82, 2.24) is 0 Å². The first-order valence-electron chi connectivity index (χ1n) is 14.7. The molecule has 0 aliphatic rings. The molecule has 0 fully saturated rings. The average molecular weight is 453 g/mol. The molecule has 1 aromatic carbocycles. The second-order valence-electron chi connectivity index (χ2n) is 10.4. The minimum Gasteiger partial charge on any atom is -0.198 e. The predicted molar refractivity (Wildman–Crippen MR) is 147 cm³/mol. The van der Waals surface area contributed by atoms with Crippen molar-refractivity contribution < 1.29 is 4.57 Å². The molecule has 1 heteroatoms. The second kappa shape index (κ2) is 19.0. The molecule has 0 aliphatic carbocycles. The number of fused-ring (bicyclic) bond motifs is 1. The Labute approximate surface area is 206 Å². The highest BCUT2D eigenvalue weighted by Gasteiger charge is 2.09. The molecule has 0 atom stereocenters. The van der Waals surface area contributed by atoms with Crippen LogP contribution < -0.4 is 4.57 Å².